The van der Waals surface area contributed by atoms with Gasteiger partial charge in [0.2, 0.25) is 0 Å². The Hall–Kier alpha value is -2.12. The zero-order valence-corrected chi connectivity index (χ0v) is 19.7. The first-order chi connectivity index (χ1) is 13.7. The molecule has 0 fully saturated rings. The van der Waals surface area contributed by atoms with Crippen LogP contribution in [0.15, 0.2) is 9.87 Å². The molecule has 0 aliphatic rings. The van der Waals surface area contributed by atoms with E-state index < -0.39 is 5.97 Å². The molecule has 1 aromatic heterocycles. The van der Waals surface area contributed by atoms with Crippen molar-refractivity contribution in [2.75, 3.05) is 38.2 Å². The molecule has 0 aliphatic carbocycles. The lowest BCUT2D eigenvalue weighted by Gasteiger charge is -2.07. The first-order valence-corrected chi connectivity index (χ1v) is 10.6. The van der Waals surface area contributed by atoms with Gasteiger partial charge in [0, 0.05) is 19.0 Å². The molecule has 0 unspecified atom stereocenters. The van der Waals surface area contributed by atoms with Crippen LogP contribution in [0.2, 0.25) is 0 Å². The Morgan fingerprint density at radius 1 is 1.24 bits per heavy atom. The Kier molecular flexibility index (Phi) is 19.3. The van der Waals surface area contributed by atoms with E-state index in [9.17, 15) is 9.59 Å². The van der Waals surface area contributed by atoms with E-state index in [0.717, 1.165) is 18.1 Å². The minimum Gasteiger partial charge on any atom is -0.461 e. The predicted octanol–water partition coefficient (Wildman–Crippen LogP) is 4.23. The van der Waals surface area contributed by atoms with Crippen LogP contribution >= 0.6 is 11.3 Å². The predicted molar refractivity (Wildman–Crippen MR) is 119 cm³/mol. The van der Waals surface area contributed by atoms with Crippen molar-refractivity contribution in [3.8, 4) is 0 Å². The number of anilines is 1. The monoisotopic (exact) mass is 444 g/mol. The maximum absolute atomic E-state index is 11.5. The number of nitrogens with zero attached hydrogens (tertiary/aromatic N) is 3. The Morgan fingerprint density at radius 2 is 1.86 bits per heavy atom. The van der Waals surface area contributed by atoms with E-state index in [2.05, 4.69) is 64.4 Å². The number of nitrogens with one attached hydrogen (secondary N) is 1. The molecule has 0 radical (unpaired) electrons. The molecule has 0 atom stereocenters. The van der Waals surface area contributed by atoms with Crippen LogP contribution in [0.4, 0.5) is 5.00 Å². The summed E-state index contributed by atoms with van der Waals surface area (Å²) in [5.74, 6) is 0.358. The molecule has 0 aromatic carbocycles. The van der Waals surface area contributed by atoms with Gasteiger partial charge in [-0.2, -0.15) is 0 Å². The molecule has 0 bridgehead atoms. The lowest BCUT2D eigenvalue weighted by molar-refractivity contribution is -0.140. The van der Waals surface area contributed by atoms with E-state index in [1.165, 1.54) is 11.3 Å². The van der Waals surface area contributed by atoms with Gasteiger partial charge < -0.3 is 19.6 Å². The molecule has 1 heterocycles. The number of hydrogen-bond donors (Lipinski definition) is 1. The number of rotatable bonds is 9. The first-order valence-electron chi connectivity index (χ1n) is 9.35. The maximum atomic E-state index is 11.5. The summed E-state index contributed by atoms with van der Waals surface area (Å²) in [6, 6.07) is 0. The van der Waals surface area contributed by atoms with E-state index in [1.54, 1.807) is 19.4 Å². The standard InChI is InChI=1S/C10H16N2O2S.C5H7NO2.C4H9NS/c1-4-14-10(13)8-9(15-6-12-8)11-5-7(2)3;1-3-8-5(7)4-6-2;1-4(2)3-5-6/h6-7,11H,4-5H2,1-3H3;3-4H2,1H3;4H,3H2,1-2H3. The second-order valence-corrected chi connectivity index (χ2v) is 7.47. The van der Waals surface area contributed by atoms with Gasteiger partial charge >= 0.3 is 18.5 Å². The minimum absolute atomic E-state index is 0.159. The molecule has 0 amide bonds. The summed E-state index contributed by atoms with van der Waals surface area (Å²) in [6.45, 7) is 20.3. The third kappa shape index (κ3) is 17.7. The summed E-state index contributed by atoms with van der Waals surface area (Å²) in [5, 5.41) is 3.98. The molecule has 8 nitrogen and oxygen atoms in total. The van der Waals surface area contributed by atoms with Gasteiger partial charge in [0.05, 0.1) is 25.3 Å². The van der Waals surface area contributed by atoms with Gasteiger partial charge in [0.25, 0.3) is 0 Å². The highest BCUT2D eigenvalue weighted by molar-refractivity contribution is 7.47. The van der Waals surface area contributed by atoms with Crippen LogP contribution in [0.3, 0.4) is 0 Å². The third-order valence-electron chi connectivity index (χ3n) is 2.66. The van der Waals surface area contributed by atoms with Gasteiger partial charge in [-0.3, -0.25) is 0 Å². The van der Waals surface area contributed by atoms with Crippen molar-refractivity contribution in [2.24, 2.45) is 16.2 Å². The van der Waals surface area contributed by atoms with Crippen LogP contribution in [0, 0.1) is 18.4 Å². The normalized spacial score (nSPS) is 9.34. The minimum atomic E-state index is -0.442. The summed E-state index contributed by atoms with van der Waals surface area (Å²) in [7, 11) is 0. The molecular formula is C19H32N4O4S2. The second-order valence-electron chi connectivity index (χ2n) is 6.35. The Morgan fingerprint density at radius 3 is 2.28 bits per heavy atom. The summed E-state index contributed by atoms with van der Waals surface area (Å²) >= 11 is 5.78. The fourth-order valence-corrected chi connectivity index (χ4v) is 2.41. The van der Waals surface area contributed by atoms with E-state index in [1.807, 2.05) is 0 Å². The van der Waals surface area contributed by atoms with Crippen molar-refractivity contribution >= 4 is 40.7 Å². The lowest BCUT2D eigenvalue weighted by Crippen LogP contribution is -2.12. The van der Waals surface area contributed by atoms with Gasteiger partial charge in [-0.15, -0.1) is 11.3 Å². The zero-order valence-electron chi connectivity index (χ0n) is 18.1. The van der Waals surface area contributed by atoms with Crippen LogP contribution in [0.1, 0.15) is 52.0 Å². The maximum Gasteiger partial charge on any atom is 0.387 e. The highest BCUT2D eigenvalue weighted by Crippen LogP contribution is 2.21. The second kappa shape index (κ2) is 19.2. The average molecular weight is 445 g/mol. The van der Waals surface area contributed by atoms with Crippen molar-refractivity contribution in [1.29, 1.82) is 0 Å². The van der Waals surface area contributed by atoms with Crippen LogP contribution in [0.5, 0.6) is 0 Å². The Bertz CT molecular complexity index is 628. The SMILES string of the molecule is CC(C)CN=S.CCOC(=O)c1ncsc1NCC(C)C.[C-]#[N+]CC(=O)OCC. The quantitative estimate of drug-likeness (QED) is 0.450. The Labute approximate surface area is 183 Å². The number of ether oxygens (including phenoxy) is 2. The molecular weight excluding hydrogens is 412 g/mol. The molecule has 0 saturated heterocycles. The topological polar surface area (TPSA) is 94.2 Å². The van der Waals surface area contributed by atoms with E-state index in [0.29, 0.717) is 30.7 Å². The molecule has 0 saturated carbocycles. The summed E-state index contributed by atoms with van der Waals surface area (Å²) in [5.41, 5.74) is 2.04. The molecule has 10 heteroatoms. The van der Waals surface area contributed by atoms with Crippen LogP contribution < -0.4 is 5.32 Å². The number of thiazole rings is 1. The molecule has 0 spiro atoms. The summed E-state index contributed by atoms with van der Waals surface area (Å²) in [4.78, 5) is 28.5. The van der Waals surface area contributed by atoms with E-state index in [4.69, 9.17) is 11.3 Å². The van der Waals surface area contributed by atoms with Crippen molar-refractivity contribution in [3.63, 3.8) is 0 Å². The van der Waals surface area contributed by atoms with Crippen LogP contribution in [-0.2, 0) is 26.7 Å². The molecule has 1 aromatic rings. The van der Waals surface area contributed by atoms with Crippen molar-refractivity contribution < 1.29 is 19.1 Å². The number of aromatic nitrogens is 1. The van der Waals surface area contributed by atoms with Crippen molar-refractivity contribution in [2.45, 2.75) is 41.5 Å². The first kappa shape index (κ1) is 29.1. The molecule has 29 heavy (non-hydrogen) atoms. The summed E-state index contributed by atoms with van der Waals surface area (Å²) in [6.07, 6.45) is 0. The van der Waals surface area contributed by atoms with Gasteiger partial charge in [-0.05, 0) is 25.7 Å². The smallest absolute Gasteiger partial charge is 0.387 e. The van der Waals surface area contributed by atoms with Gasteiger partial charge in [-0.25, -0.2) is 25.5 Å². The third-order valence-corrected chi connectivity index (χ3v) is 3.59. The van der Waals surface area contributed by atoms with Gasteiger partial charge in [-0.1, -0.05) is 27.7 Å². The molecule has 0 aliphatic heterocycles. The Balaban J connectivity index is 0. The highest BCUT2D eigenvalue weighted by atomic mass is 32.1. The number of hydrogen-bond acceptors (Lipinski definition) is 9. The number of carbonyl (C=O) groups is 2. The average Bonchev–Trinajstić information content (AvgIpc) is 3.10. The van der Waals surface area contributed by atoms with Gasteiger partial charge in [0.15, 0.2) is 5.69 Å². The van der Waals surface area contributed by atoms with Crippen molar-refractivity contribution in [1.82, 2.24) is 4.98 Å². The largest absolute Gasteiger partial charge is 0.461 e. The fourth-order valence-electron chi connectivity index (χ4n) is 1.43. The number of carbonyl (C=O) groups excluding carboxylic acids is 2. The molecule has 1 rings (SSSR count). The fraction of sp³-hybridized carbons (Fsp3) is 0.684. The molecule has 1 N–H and O–H groups in total. The van der Waals surface area contributed by atoms with Crippen LogP contribution in [-0.4, -0.2) is 49.8 Å². The van der Waals surface area contributed by atoms with Crippen molar-refractivity contribution in [3.05, 3.63) is 22.6 Å². The molecule has 164 valence electrons. The number of esters is 2. The van der Waals surface area contributed by atoms with E-state index >= 15 is 0 Å². The van der Waals surface area contributed by atoms with Gasteiger partial charge in [0.1, 0.15) is 5.00 Å². The summed E-state index contributed by atoms with van der Waals surface area (Å²) < 4.78 is 12.8. The lowest BCUT2D eigenvalue weighted by atomic mass is 10.2. The van der Waals surface area contributed by atoms with Crippen LogP contribution in [0.25, 0.3) is 4.85 Å². The highest BCUT2D eigenvalue weighted by Gasteiger charge is 2.15. The zero-order chi connectivity index (χ0) is 22.7. The van der Waals surface area contributed by atoms with E-state index in [-0.39, 0.29) is 12.5 Å².